The molecular formula is C12H8Cl2O2S. The normalized spacial score (nSPS) is 10.5. The lowest BCUT2D eigenvalue weighted by atomic mass is 10.3. The molecule has 0 aromatic heterocycles. The number of benzene rings is 2. The largest absolute Gasteiger partial charge is 0.504 e. The van der Waals surface area contributed by atoms with Crippen molar-refractivity contribution in [1.29, 1.82) is 0 Å². The molecule has 0 aliphatic rings. The Bertz CT molecular complexity index is 558. The molecule has 2 N–H and O–H groups in total. The highest BCUT2D eigenvalue weighted by Gasteiger charge is 2.10. The molecule has 2 aromatic carbocycles. The SMILES string of the molecule is Oc1cc(Cl)cc(Sc2cccc(Cl)c2)c1O. The summed E-state index contributed by atoms with van der Waals surface area (Å²) in [6, 6.07) is 10.1. The Morgan fingerprint density at radius 2 is 1.71 bits per heavy atom. The van der Waals surface area contributed by atoms with E-state index in [0.29, 0.717) is 14.9 Å². The number of hydrogen-bond acceptors (Lipinski definition) is 3. The Kier molecular flexibility index (Phi) is 3.72. The minimum atomic E-state index is -0.234. The zero-order valence-electron chi connectivity index (χ0n) is 8.52. The lowest BCUT2D eigenvalue weighted by molar-refractivity contribution is 0.395. The molecule has 0 bridgehead atoms. The molecule has 2 rings (SSSR count). The number of phenolic OH excluding ortho intramolecular Hbond substituents is 2. The van der Waals surface area contributed by atoms with Gasteiger partial charge >= 0.3 is 0 Å². The van der Waals surface area contributed by atoms with Crippen LogP contribution in [-0.2, 0) is 0 Å². The molecule has 0 amide bonds. The van der Waals surface area contributed by atoms with E-state index in [2.05, 4.69) is 0 Å². The summed E-state index contributed by atoms with van der Waals surface area (Å²) in [5.41, 5.74) is 0. The molecule has 0 spiro atoms. The van der Waals surface area contributed by atoms with Gasteiger partial charge in [0, 0.05) is 21.0 Å². The highest BCUT2D eigenvalue weighted by Crippen LogP contribution is 2.41. The average molecular weight is 287 g/mol. The molecular weight excluding hydrogens is 279 g/mol. The summed E-state index contributed by atoms with van der Waals surface area (Å²) in [4.78, 5) is 1.34. The quantitative estimate of drug-likeness (QED) is 0.796. The first kappa shape index (κ1) is 12.4. The first-order valence-corrected chi connectivity index (χ1v) is 6.28. The van der Waals surface area contributed by atoms with Crippen LogP contribution in [0, 0.1) is 0 Å². The number of hydrogen-bond donors (Lipinski definition) is 2. The van der Waals surface area contributed by atoms with Crippen molar-refractivity contribution in [3.63, 3.8) is 0 Å². The second-order valence-corrected chi connectivity index (χ2v) is 5.32. The van der Waals surface area contributed by atoms with E-state index < -0.39 is 0 Å². The Morgan fingerprint density at radius 1 is 0.941 bits per heavy atom. The smallest absolute Gasteiger partial charge is 0.171 e. The standard InChI is InChI=1S/C12H8Cl2O2S/c13-7-2-1-3-9(4-7)17-11-6-8(14)5-10(15)12(11)16/h1-6,15-16H. The first-order valence-electron chi connectivity index (χ1n) is 4.71. The third-order valence-electron chi connectivity index (χ3n) is 2.04. The van der Waals surface area contributed by atoms with E-state index >= 15 is 0 Å². The molecule has 5 heteroatoms. The predicted molar refractivity (Wildman–Crippen MR) is 70.4 cm³/mol. The average Bonchev–Trinajstić information content (AvgIpc) is 2.25. The van der Waals surface area contributed by atoms with E-state index in [9.17, 15) is 10.2 Å². The van der Waals surface area contributed by atoms with Gasteiger partial charge in [-0.15, -0.1) is 0 Å². The van der Waals surface area contributed by atoms with Gasteiger partial charge in [0.1, 0.15) is 0 Å². The van der Waals surface area contributed by atoms with Gasteiger partial charge in [-0.25, -0.2) is 0 Å². The number of aromatic hydroxyl groups is 2. The van der Waals surface area contributed by atoms with E-state index in [1.807, 2.05) is 12.1 Å². The van der Waals surface area contributed by atoms with E-state index in [1.54, 1.807) is 18.2 Å². The molecule has 17 heavy (non-hydrogen) atoms. The van der Waals surface area contributed by atoms with Gasteiger partial charge in [0.15, 0.2) is 11.5 Å². The molecule has 2 nitrogen and oxygen atoms in total. The van der Waals surface area contributed by atoms with Crippen LogP contribution in [0.25, 0.3) is 0 Å². The maximum absolute atomic E-state index is 9.69. The van der Waals surface area contributed by atoms with Crippen molar-refractivity contribution < 1.29 is 10.2 Å². The van der Waals surface area contributed by atoms with Gasteiger partial charge in [-0.05, 0) is 24.3 Å². The van der Waals surface area contributed by atoms with Crippen molar-refractivity contribution in [2.45, 2.75) is 9.79 Å². The minimum absolute atomic E-state index is 0.181. The third-order valence-corrected chi connectivity index (χ3v) is 3.52. The summed E-state index contributed by atoms with van der Waals surface area (Å²) in [6.45, 7) is 0. The molecule has 0 saturated heterocycles. The summed E-state index contributed by atoms with van der Waals surface area (Å²) in [7, 11) is 0. The predicted octanol–water partition coefficient (Wildman–Crippen LogP) is 4.56. The summed E-state index contributed by atoms with van der Waals surface area (Å²) in [5.74, 6) is -0.415. The zero-order valence-corrected chi connectivity index (χ0v) is 10.9. The molecule has 0 radical (unpaired) electrons. The highest BCUT2D eigenvalue weighted by atomic mass is 35.5. The molecule has 88 valence electrons. The van der Waals surface area contributed by atoms with Gasteiger partial charge in [-0.3, -0.25) is 0 Å². The maximum atomic E-state index is 9.69. The van der Waals surface area contributed by atoms with Gasteiger partial charge in [0.25, 0.3) is 0 Å². The van der Waals surface area contributed by atoms with Crippen LogP contribution < -0.4 is 0 Å². The molecule has 0 aliphatic heterocycles. The van der Waals surface area contributed by atoms with Gasteiger partial charge < -0.3 is 10.2 Å². The second kappa shape index (κ2) is 5.08. The second-order valence-electron chi connectivity index (χ2n) is 3.33. The monoisotopic (exact) mass is 286 g/mol. The van der Waals surface area contributed by atoms with Crippen LogP contribution in [0.1, 0.15) is 0 Å². The summed E-state index contributed by atoms with van der Waals surface area (Å²) in [6.07, 6.45) is 0. The number of rotatable bonds is 2. The fraction of sp³-hybridized carbons (Fsp3) is 0. The van der Waals surface area contributed by atoms with Crippen LogP contribution in [0.3, 0.4) is 0 Å². The van der Waals surface area contributed by atoms with E-state index in [4.69, 9.17) is 23.2 Å². The van der Waals surface area contributed by atoms with Crippen molar-refractivity contribution in [3.8, 4) is 11.5 Å². The van der Waals surface area contributed by atoms with Crippen LogP contribution in [0.2, 0.25) is 10.0 Å². The van der Waals surface area contributed by atoms with Crippen molar-refractivity contribution in [3.05, 3.63) is 46.4 Å². The fourth-order valence-electron chi connectivity index (χ4n) is 1.30. The van der Waals surface area contributed by atoms with E-state index in [0.717, 1.165) is 4.90 Å². The summed E-state index contributed by atoms with van der Waals surface area (Å²) >= 11 is 12.9. The van der Waals surface area contributed by atoms with Crippen LogP contribution in [0.5, 0.6) is 11.5 Å². The molecule has 0 atom stereocenters. The highest BCUT2D eigenvalue weighted by molar-refractivity contribution is 7.99. The topological polar surface area (TPSA) is 40.5 Å². The Hall–Kier alpha value is -1.03. The molecule has 0 aliphatic carbocycles. The van der Waals surface area contributed by atoms with Crippen LogP contribution in [-0.4, -0.2) is 10.2 Å². The van der Waals surface area contributed by atoms with E-state index in [1.165, 1.54) is 17.8 Å². The van der Waals surface area contributed by atoms with Crippen LogP contribution in [0.15, 0.2) is 46.2 Å². The third kappa shape index (κ3) is 3.00. The van der Waals surface area contributed by atoms with E-state index in [-0.39, 0.29) is 11.5 Å². The molecule has 0 heterocycles. The molecule has 2 aromatic rings. The van der Waals surface area contributed by atoms with Crippen LogP contribution >= 0.6 is 35.0 Å². The lowest BCUT2D eigenvalue weighted by Crippen LogP contribution is -1.78. The van der Waals surface area contributed by atoms with Crippen molar-refractivity contribution in [2.75, 3.05) is 0 Å². The van der Waals surface area contributed by atoms with Crippen molar-refractivity contribution in [2.24, 2.45) is 0 Å². The molecule has 0 unspecified atom stereocenters. The van der Waals surface area contributed by atoms with Crippen LogP contribution in [0.4, 0.5) is 0 Å². The zero-order chi connectivity index (χ0) is 12.4. The van der Waals surface area contributed by atoms with Gasteiger partial charge in [0.2, 0.25) is 0 Å². The Balaban J connectivity index is 2.36. The maximum Gasteiger partial charge on any atom is 0.171 e. The van der Waals surface area contributed by atoms with Gasteiger partial charge in [0.05, 0.1) is 4.90 Å². The lowest BCUT2D eigenvalue weighted by Gasteiger charge is -2.07. The molecule has 0 saturated carbocycles. The minimum Gasteiger partial charge on any atom is -0.504 e. The Labute approximate surface area is 113 Å². The van der Waals surface area contributed by atoms with Gasteiger partial charge in [-0.1, -0.05) is 41.0 Å². The Morgan fingerprint density at radius 3 is 2.41 bits per heavy atom. The number of halogens is 2. The molecule has 0 fully saturated rings. The summed E-state index contributed by atoms with van der Waals surface area (Å²) < 4.78 is 0. The van der Waals surface area contributed by atoms with Crippen molar-refractivity contribution in [1.82, 2.24) is 0 Å². The summed E-state index contributed by atoms with van der Waals surface area (Å²) in [5, 5.41) is 20.1. The van der Waals surface area contributed by atoms with Crippen molar-refractivity contribution >= 4 is 35.0 Å². The van der Waals surface area contributed by atoms with Gasteiger partial charge in [-0.2, -0.15) is 0 Å². The first-order chi connectivity index (χ1) is 8.06. The number of phenols is 2. The fourth-order valence-corrected chi connectivity index (χ4v) is 2.80.